The SMILES string of the molecule is Cc1csc(NC(=O)c2ccccc2N(c2ccc(F)cc2)[SH](=O)=O)n1. The van der Waals surface area contributed by atoms with Gasteiger partial charge >= 0.3 is 0 Å². The lowest BCUT2D eigenvalue weighted by atomic mass is 10.1. The molecule has 0 aliphatic heterocycles. The number of thiol groups is 1. The van der Waals surface area contributed by atoms with E-state index in [0.29, 0.717) is 5.13 Å². The van der Waals surface area contributed by atoms with E-state index in [1.807, 2.05) is 0 Å². The molecular formula is C17H14FN3O3S2. The molecule has 0 bridgehead atoms. The standard InChI is InChI=1S/C17H14FN3O3S2/c1-11-10-25-17(19-11)20-16(22)14-4-2-3-5-15(14)21(26(23)24)13-8-6-12(18)7-9-13/h2-10,26H,1H3,(H,19,20,22). The third-order valence-electron chi connectivity index (χ3n) is 3.45. The lowest BCUT2D eigenvalue weighted by Gasteiger charge is -2.20. The highest BCUT2D eigenvalue weighted by molar-refractivity contribution is 7.74. The number of thiazole rings is 1. The molecule has 0 fully saturated rings. The second kappa shape index (κ2) is 7.63. The van der Waals surface area contributed by atoms with Crippen LogP contribution in [0.25, 0.3) is 0 Å². The second-order valence-electron chi connectivity index (χ2n) is 5.29. The summed E-state index contributed by atoms with van der Waals surface area (Å²) >= 11 is 1.27. The van der Waals surface area contributed by atoms with E-state index < -0.39 is 22.6 Å². The fourth-order valence-electron chi connectivity index (χ4n) is 2.33. The highest BCUT2D eigenvalue weighted by atomic mass is 32.2. The van der Waals surface area contributed by atoms with Crippen molar-refractivity contribution in [2.45, 2.75) is 6.92 Å². The van der Waals surface area contributed by atoms with Crippen LogP contribution in [0.2, 0.25) is 0 Å². The zero-order valence-corrected chi connectivity index (χ0v) is 15.3. The Morgan fingerprint density at radius 3 is 2.46 bits per heavy atom. The minimum absolute atomic E-state index is 0.156. The van der Waals surface area contributed by atoms with Crippen LogP contribution in [0.4, 0.5) is 20.9 Å². The molecule has 0 radical (unpaired) electrons. The van der Waals surface area contributed by atoms with Gasteiger partial charge < -0.3 is 0 Å². The maximum Gasteiger partial charge on any atom is 0.259 e. The van der Waals surface area contributed by atoms with Gasteiger partial charge in [0.2, 0.25) is 10.9 Å². The molecule has 0 aliphatic rings. The molecule has 3 aromatic rings. The minimum atomic E-state index is -3.10. The second-order valence-corrected chi connectivity index (χ2v) is 7.03. The van der Waals surface area contributed by atoms with Crippen LogP contribution in [0.15, 0.2) is 53.9 Å². The number of carbonyl (C=O) groups excluding carboxylic acids is 1. The molecule has 0 atom stereocenters. The summed E-state index contributed by atoms with van der Waals surface area (Å²) in [5, 5.41) is 4.87. The zero-order chi connectivity index (χ0) is 18.7. The number of para-hydroxylation sites is 1. The van der Waals surface area contributed by atoms with E-state index in [4.69, 9.17) is 0 Å². The van der Waals surface area contributed by atoms with Crippen LogP contribution < -0.4 is 9.62 Å². The van der Waals surface area contributed by atoms with Gasteiger partial charge in [-0.15, -0.1) is 11.3 Å². The number of nitrogens with zero attached hydrogens (tertiary/aromatic N) is 2. The number of benzene rings is 2. The van der Waals surface area contributed by atoms with Gasteiger partial charge in [0.1, 0.15) is 5.82 Å². The molecule has 3 rings (SSSR count). The summed E-state index contributed by atoms with van der Waals surface area (Å²) in [6.07, 6.45) is 0. The van der Waals surface area contributed by atoms with Crippen molar-refractivity contribution in [3.8, 4) is 0 Å². The van der Waals surface area contributed by atoms with Crippen LogP contribution in [0.1, 0.15) is 16.1 Å². The topological polar surface area (TPSA) is 79.4 Å². The lowest BCUT2D eigenvalue weighted by molar-refractivity contribution is 0.102. The van der Waals surface area contributed by atoms with Gasteiger partial charge in [0.25, 0.3) is 5.91 Å². The Morgan fingerprint density at radius 2 is 1.85 bits per heavy atom. The highest BCUT2D eigenvalue weighted by Gasteiger charge is 2.20. The van der Waals surface area contributed by atoms with E-state index in [1.165, 1.54) is 35.6 Å². The molecule has 1 N–H and O–H groups in total. The van der Waals surface area contributed by atoms with Crippen molar-refractivity contribution in [3.05, 3.63) is 71.0 Å². The monoisotopic (exact) mass is 391 g/mol. The van der Waals surface area contributed by atoms with Crippen LogP contribution in [0, 0.1) is 12.7 Å². The number of anilines is 3. The Bertz CT molecular complexity index is 1010. The number of carbonyl (C=O) groups is 1. The molecule has 134 valence electrons. The molecule has 0 saturated heterocycles. The normalized spacial score (nSPS) is 10.7. The van der Waals surface area contributed by atoms with E-state index in [0.717, 1.165) is 22.1 Å². The average molecular weight is 391 g/mol. The van der Waals surface area contributed by atoms with E-state index >= 15 is 0 Å². The number of halogens is 1. The lowest BCUT2D eigenvalue weighted by Crippen LogP contribution is -2.20. The Balaban J connectivity index is 2.01. The molecule has 1 amide bonds. The summed E-state index contributed by atoms with van der Waals surface area (Å²) in [4.78, 5) is 16.8. The molecule has 0 aliphatic carbocycles. The molecule has 26 heavy (non-hydrogen) atoms. The first-order chi connectivity index (χ1) is 12.5. The van der Waals surface area contributed by atoms with Crippen LogP contribution in [0.5, 0.6) is 0 Å². The van der Waals surface area contributed by atoms with Crippen LogP contribution >= 0.6 is 11.3 Å². The quantitative estimate of drug-likeness (QED) is 0.653. The Hall–Kier alpha value is -2.78. The number of hydrogen-bond acceptors (Lipinski definition) is 5. The highest BCUT2D eigenvalue weighted by Crippen LogP contribution is 2.30. The molecule has 6 nitrogen and oxygen atoms in total. The maximum atomic E-state index is 13.2. The van der Waals surface area contributed by atoms with E-state index in [2.05, 4.69) is 10.3 Å². The summed E-state index contributed by atoms with van der Waals surface area (Å²) in [7, 11) is -3.10. The Kier molecular flexibility index (Phi) is 5.29. The Morgan fingerprint density at radius 1 is 1.15 bits per heavy atom. The van der Waals surface area contributed by atoms with Gasteiger partial charge in [0, 0.05) is 5.38 Å². The van der Waals surface area contributed by atoms with E-state index in [1.54, 1.807) is 24.4 Å². The minimum Gasteiger partial charge on any atom is -0.298 e. The summed E-state index contributed by atoms with van der Waals surface area (Å²) in [5.74, 6) is -0.973. The van der Waals surface area contributed by atoms with Crippen molar-refractivity contribution >= 4 is 44.6 Å². The molecule has 1 heterocycles. The summed E-state index contributed by atoms with van der Waals surface area (Å²) in [6, 6.07) is 11.3. The van der Waals surface area contributed by atoms with Gasteiger partial charge in [0.15, 0.2) is 5.13 Å². The molecule has 0 spiro atoms. The van der Waals surface area contributed by atoms with E-state index in [9.17, 15) is 17.6 Å². The zero-order valence-electron chi connectivity index (χ0n) is 13.5. The van der Waals surface area contributed by atoms with Gasteiger partial charge in [-0.2, -0.15) is 0 Å². The fraction of sp³-hybridized carbons (Fsp3) is 0.0588. The summed E-state index contributed by atoms with van der Waals surface area (Å²) in [5.41, 5.74) is 1.33. The summed E-state index contributed by atoms with van der Waals surface area (Å²) < 4.78 is 37.8. The van der Waals surface area contributed by atoms with Crippen molar-refractivity contribution in [1.82, 2.24) is 4.98 Å². The molecule has 9 heteroatoms. The van der Waals surface area contributed by atoms with Crippen LogP contribution in [-0.2, 0) is 10.9 Å². The van der Waals surface area contributed by atoms with Gasteiger partial charge in [-0.3, -0.25) is 10.1 Å². The molecule has 0 saturated carbocycles. The fourth-order valence-corrected chi connectivity index (χ4v) is 3.69. The number of amides is 1. The van der Waals surface area contributed by atoms with Gasteiger partial charge in [-0.05, 0) is 43.3 Å². The Labute approximate surface area is 155 Å². The number of rotatable bonds is 5. The first kappa shape index (κ1) is 18.0. The molecular weight excluding hydrogens is 377 g/mol. The number of hydrogen-bond donors (Lipinski definition) is 2. The van der Waals surface area contributed by atoms with Crippen molar-refractivity contribution in [1.29, 1.82) is 0 Å². The summed E-state index contributed by atoms with van der Waals surface area (Å²) in [6.45, 7) is 1.80. The molecule has 0 unspecified atom stereocenters. The van der Waals surface area contributed by atoms with Crippen molar-refractivity contribution in [2.24, 2.45) is 0 Å². The van der Waals surface area contributed by atoms with E-state index in [-0.39, 0.29) is 16.9 Å². The third kappa shape index (κ3) is 3.89. The first-order valence-electron chi connectivity index (χ1n) is 7.48. The van der Waals surface area contributed by atoms with Gasteiger partial charge in [-0.25, -0.2) is 22.1 Å². The average Bonchev–Trinajstić information content (AvgIpc) is 3.02. The van der Waals surface area contributed by atoms with Crippen LogP contribution in [-0.4, -0.2) is 19.3 Å². The largest absolute Gasteiger partial charge is 0.298 e. The van der Waals surface area contributed by atoms with Crippen molar-refractivity contribution in [3.63, 3.8) is 0 Å². The molecule has 1 aromatic heterocycles. The smallest absolute Gasteiger partial charge is 0.259 e. The number of nitrogens with one attached hydrogen (secondary N) is 1. The van der Waals surface area contributed by atoms with Crippen LogP contribution in [0.3, 0.4) is 0 Å². The van der Waals surface area contributed by atoms with Crippen molar-refractivity contribution in [2.75, 3.05) is 9.62 Å². The third-order valence-corrected chi connectivity index (χ3v) is 5.10. The van der Waals surface area contributed by atoms with Gasteiger partial charge in [0.05, 0.1) is 22.6 Å². The number of aryl methyl sites for hydroxylation is 1. The maximum absolute atomic E-state index is 13.2. The van der Waals surface area contributed by atoms with Gasteiger partial charge in [-0.1, -0.05) is 12.1 Å². The molecule has 2 aromatic carbocycles. The number of aromatic nitrogens is 1. The van der Waals surface area contributed by atoms with Crippen molar-refractivity contribution < 1.29 is 17.6 Å². The first-order valence-corrected chi connectivity index (χ1v) is 9.49. The predicted octanol–water partition coefficient (Wildman–Crippen LogP) is 3.51. The predicted molar refractivity (Wildman–Crippen MR) is 100 cm³/mol.